The van der Waals surface area contributed by atoms with E-state index in [0.29, 0.717) is 15.7 Å². The van der Waals surface area contributed by atoms with Crippen LogP contribution in [0.25, 0.3) is 0 Å². The number of aromatic nitrogens is 1. The molecular formula is C13H9Cl2N3O3. The number of amides is 2. The van der Waals surface area contributed by atoms with E-state index in [-0.39, 0.29) is 11.4 Å². The number of benzene rings is 1. The molecule has 6 nitrogen and oxygen atoms in total. The van der Waals surface area contributed by atoms with Crippen molar-refractivity contribution in [1.29, 1.82) is 0 Å². The standard InChI is InChI=1S/C13H9Cl2N3O3/c14-8-4-9(15)6-10(5-8)17-13(21)18-11-3-7(12(19)20)1-2-16-11/h1-6H,(H,19,20)(H2,16,17,18,21). The summed E-state index contributed by atoms with van der Waals surface area (Å²) in [6, 6.07) is 6.55. The number of carbonyl (C=O) groups excluding carboxylic acids is 1. The van der Waals surface area contributed by atoms with Gasteiger partial charge in [0, 0.05) is 21.9 Å². The molecule has 2 amide bonds. The van der Waals surface area contributed by atoms with Crippen LogP contribution < -0.4 is 10.6 Å². The Balaban J connectivity index is 2.08. The third-order valence-electron chi connectivity index (χ3n) is 2.37. The van der Waals surface area contributed by atoms with Gasteiger partial charge in [-0.2, -0.15) is 0 Å². The average molecular weight is 326 g/mol. The van der Waals surface area contributed by atoms with Gasteiger partial charge in [-0.05, 0) is 30.3 Å². The average Bonchev–Trinajstić information content (AvgIpc) is 2.37. The molecule has 3 N–H and O–H groups in total. The van der Waals surface area contributed by atoms with Crippen molar-refractivity contribution in [2.24, 2.45) is 0 Å². The highest BCUT2D eigenvalue weighted by atomic mass is 35.5. The number of hydrogen-bond donors (Lipinski definition) is 3. The van der Waals surface area contributed by atoms with Crippen LogP contribution in [-0.2, 0) is 0 Å². The summed E-state index contributed by atoms with van der Waals surface area (Å²) in [5.41, 5.74) is 0.422. The number of pyridine rings is 1. The summed E-state index contributed by atoms with van der Waals surface area (Å²) in [4.78, 5) is 26.5. The Morgan fingerprint density at radius 1 is 1.05 bits per heavy atom. The molecule has 0 spiro atoms. The Bertz CT molecular complexity index is 687. The molecule has 0 atom stereocenters. The van der Waals surface area contributed by atoms with E-state index in [1.54, 1.807) is 0 Å². The molecule has 2 rings (SSSR count). The number of hydrogen-bond acceptors (Lipinski definition) is 3. The first-order valence-corrected chi connectivity index (χ1v) is 6.43. The summed E-state index contributed by atoms with van der Waals surface area (Å²) in [5, 5.41) is 14.5. The fraction of sp³-hybridized carbons (Fsp3) is 0. The van der Waals surface area contributed by atoms with E-state index >= 15 is 0 Å². The minimum absolute atomic E-state index is 0.0195. The second-order valence-corrected chi connectivity index (χ2v) is 4.85. The molecule has 0 aliphatic heterocycles. The van der Waals surface area contributed by atoms with Crippen LogP contribution in [0.15, 0.2) is 36.5 Å². The van der Waals surface area contributed by atoms with Crippen molar-refractivity contribution in [3.05, 3.63) is 52.1 Å². The van der Waals surface area contributed by atoms with Crippen molar-refractivity contribution in [2.75, 3.05) is 10.6 Å². The topological polar surface area (TPSA) is 91.3 Å². The highest BCUT2D eigenvalue weighted by molar-refractivity contribution is 6.35. The number of nitrogens with zero attached hydrogens (tertiary/aromatic N) is 1. The number of halogens is 2. The summed E-state index contributed by atoms with van der Waals surface area (Å²) in [7, 11) is 0. The molecule has 1 aromatic carbocycles. The number of carboxylic acids is 1. The molecule has 0 aliphatic carbocycles. The maximum atomic E-state index is 11.8. The summed E-state index contributed by atoms with van der Waals surface area (Å²) >= 11 is 11.6. The van der Waals surface area contributed by atoms with Crippen molar-refractivity contribution in [1.82, 2.24) is 4.98 Å². The quantitative estimate of drug-likeness (QED) is 0.801. The van der Waals surface area contributed by atoms with E-state index in [2.05, 4.69) is 15.6 Å². The van der Waals surface area contributed by atoms with Gasteiger partial charge in [0.1, 0.15) is 5.82 Å². The van der Waals surface area contributed by atoms with Crippen LogP contribution in [0.3, 0.4) is 0 Å². The lowest BCUT2D eigenvalue weighted by Gasteiger charge is -2.08. The second kappa shape index (κ2) is 6.43. The molecule has 1 aromatic heterocycles. The third kappa shape index (κ3) is 4.34. The van der Waals surface area contributed by atoms with Crippen LogP contribution in [0.1, 0.15) is 10.4 Å². The molecule has 21 heavy (non-hydrogen) atoms. The molecule has 8 heteroatoms. The van der Waals surface area contributed by atoms with Crippen molar-refractivity contribution in [3.63, 3.8) is 0 Å². The Hall–Kier alpha value is -2.31. The predicted molar refractivity (Wildman–Crippen MR) is 80.3 cm³/mol. The largest absolute Gasteiger partial charge is 0.478 e. The summed E-state index contributed by atoms with van der Waals surface area (Å²) < 4.78 is 0. The Morgan fingerprint density at radius 3 is 2.33 bits per heavy atom. The minimum Gasteiger partial charge on any atom is -0.478 e. The van der Waals surface area contributed by atoms with Crippen LogP contribution in [0.4, 0.5) is 16.3 Å². The summed E-state index contributed by atoms with van der Waals surface area (Å²) in [6.07, 6.45) is 1.29. The van der Waals surface area contributed by atoms with Crippen molar-refractivity contribution >= 4 is 46.7 Å². The molecule has 0 unspecified atom stereocenters. The number of aromatic carboxylic acids is 1. The lowest BCUT2D eigenvalue weighted by Crippen LogP contribution is -2.20. The second-order valence-electron chi connectivity index (χ2n) is 3.97. The van der Waals surface area contributed by atoms with Crippen molar-refractivity contribution < 1.29 is 14.7 Å². The van der Waals surface area contributed by atoms with Crippen molar-refractivity contribution in [2.45, 2.75) is 0 Å². The highest BCUT2D eigenvalue weighted by Gasteiger charge is 2.08. The zero-order valence-corrected chi connectivity index (χ0v) is 11.9. The van der Waals surface area contributed by atoms with Crippen LogP contribution in [-0.4, -0.2) is 22.1 Å². The van der Waals surface area contributed by atoms with E-state index in [4.69, 9.17) is 28.3 Å². The van der Waals surface area contributed by atoms with E-state index < -0.39 is 12.0 Å². The zero-order chi connectivity index (χ0) is 15.4. The lowest BCUT2D eigenvalue weighted by atomic mass is 10.2. The monoisotopic (exact) mass is 325 g/mol. The molecule has 1 heterocycles. The molecule has 2 aromatic rings. The Labute approximate surface area is 129 Å². The van der Waals surface area contributed by atoms with Crippen LogP contribution in [0.2, 0.25) is 10.0 Å². The molecule has 0 saturated carbocycles. The highest BCUT2D eigenvalue weighted by Crippen LogP contribution is 2.22. The van der Waals surface area contributed by atoms with Gasteiger partial charge in [0.2, 0.25) is 0 Å². The SMILES string of the molecule is O=C(Nc1cc(Cl)cc(Cl)c1)Nc1cc(C(=O)O)ccn1. The molecule has 0 fully saturated rings. The fourth-order valence-corrected chi connectivity index (χ4v) is 2.06. The number of anilines is 2. The van der Waals surface area contributed by atoms with Crippen molar-refractivity contribution in [3.8, 4) is 0 Å². The lowest BCUT2D eigenvalue weighted by molar-refractivity contribution is 0.0696. The Kier molecular flexibility index (Phi) is 4.62. The number of nitrogens with one attached hydrogen (secondary N) is 2. The first-order chi connectivity index (χ1) is 9.94. The van der Waals surface area contributed by atoms with Gasteiger partial charge in [0.15, 0.2) is 0 Å². The van der Waals surface area contributed by atoms with E-state index in [0.717, 1.165) is 0 Å². The van der Waals surface area contributed by atoms with Gasteiger partial charge in [-0.15, -0.1) is 0 Å². The normalized spacial score (nSPS) is 10.0. The first-order valence-electron chi connectivity index (χ1n) is 5.67. The van der Waals surface area contributed by atoms with Crippen LogP contribution in [0.5, 0.6) is 0 Å². The number of urea groups is 1. The van der Waals surface area contributed by atoms with Crippen LogP contribution in [0, 0.1) is 0 Å². The van der Waals surface area contributed by atoms with Gasteiger partial charge < -0.3 is 10.4 Å². The molecular weight excluding hydrogens is 317 g/mol. The van der Waals surface area contributed by atoms with E-state index in [1.807, 2.05) is 0 Å². The first kappa shape index (κ1) is 15.1. The minimum atomic E-state index is -1.11. The van der Waals surface area contributed by atoms with Gasteiger partial charge >= 0.3 is 12.0 Å². The summed E-state index contributed by atoms with van der Waals surface area (Å²) in [6.45, 7) is 0. The number of carbonyl (C=O) groups is 2. The molecule has 0 radical (unpaired) electrons. The summed E-state index contributed by atoms with van der Waals surface area (Å²) in [5.74, 6) is -0.997. The van der Waals surface area contributed by atoms with E-state index in [9.17, 15) is 9.59 Å². The van der Waals surface area contributed by atoms with Gasteiger partial charge in [0.05, 0.1) is 5.56 Å². The Morgan fingerprint density at radius 2 is 1.71 bits per heavy atom. The molecule has 108 valence electrons. The number of rotatable bonds is 3. The van der Waals surface area contributed by atoms with Gasteiger partial charge in [-0.3, -0.25) is 5.32 Å². The zero-order valence-electron chi connectivity index (χ0n) is 10.4. The molecule has 0 saturated heterocycles. The third-order valence-corrected chi connectivity index (χ3v) is 2.81. The number of carboxylic acid groups (broad SMARTS) is 1. The smallest absolute Gasteiger partial charge is 0.335 e. The molecule has 0 aliphatic rings. The maximum absolute atomic E-state index is 11.8. The predicted octanol–water partition coefficient (Wildman–Crippen LogP) is 3.73. The van der Waals surface area contributed by atoms with Gasteiger partial charge in [0.25, 0.3) is 0 Å². The van der Waals surface area contributed by atoms with Crippen LogP contribution >= 0.6 is 23.2 Å². The van der Waals surface area contributed by atoms with E-state index in [1.165, 1.54) is 36.5 Å². The maximum Gasteiger partial charge on any atom is 0.335 e. The van der Waals surface area contributed by atoms with Gasteiger partial charge in [-0.1, -0.05) is 23.2 Å². The van der Waals surface area contributed by atoms with Gasteiger partial charge in [-0.25, -0.2) is 14.6 Å². The fourth-order valence-electron chi connectivity index (χ4n) is 1.54. The molecule has 0 bridgehead atoms.